The minimum absolute atomic E-state index is 0.136. The molecule has 6 nitrogen and oxygen atoms in total. The van der Waals surface area contributed by atoms with Crippen LogP contribution in [0.4, 0.5) is 9.39 Å². The molecule has 1 saturated heterocycles. The number of piperazine rings is 1. The van der Waals surface area contributed by atoms with Gasteiger partial charge in [-0.15, -0.1) is 11.3 Å². The Morgan fingerprint density at radius 2 is 1.72 bits per heavy atom. The van der Waals surface area contributed by atoms with E-state index in [1.165, 1.54) is 30.6 Å². The molecular weight excluding hydrogens is 393 g/mol. The molecule has 8 heteroatoms. The van der Waals surface area contributed by atoms with Crippen LogP contribution in [0, 0.1) is 19.7 Å². The number of carbonyl (C=O) groups excluding carboxylic acids is 2. The molecule has 1 fully saturated rings. The SMILES string of the molecule is COC(=O)c1c(NC(=O)CN2CCN(Cc3ccc(F)cc3)CC2)sc(C)c1C. The lowest BCUT2D eigenvalue weighted by Gasteiger charge is -2.34. The number of carbonyl (C=O) groups is 2. The zero-order valence-electron chi connectivity index (χ0n) is 17.0. The number of ether oxygens (including phenoxy) is 1. The van der Waals surface area contributed by atoms with E-state index in [4.69, 9.17) is 4.74 Å². The minimum atomic E-state index is -0.434. The second-order valence-electron chi connectivity index (χ2n) is 7.21. The molecule has 1 aromatic heterocycles. The number of amides is 1. The van der Waals surface area contributed by atoms with Gasteiger partial charge in [-0.2, -0.15) is 0 Å². The van der Waals surface area contributed by atoms with Crippen LogP contribution in [0.25, 0.3) is 0 Å². The number of esters is 1. The van der Waals surface area contributed by atoms with Crippen molar-refractivity contribution in [3.05, 3.63) is 51.7 Å². The zero-order valence-corrected chi connectivity index (χ0v) is 17.8. The Balaban J connectivity index is 1.51. The molecule has 1 N–H and O–H groups in total. The average Bonchev–Trinajstić information content (AvgIpc) is 2.97. The molecule has 2 aromatic rings. The number of nitrogens with one attached hydrogen (secondary N) is 1. The van der Waals surface area contributed by atoms with Crippen LogP contribution in [0.15, 0.2) is 24.3 Å². The molecule has 0 aliphatic carbocycles. The highest BCUT2D eigenvalue weighted by Gasteiger charge is 2.23. The summed E-state index contributed by atoms with van der Waals surface area (Å²) in [6.07, 6.45) is 0. The van der Waals surface area contributed by atoms with E-state index in [0.717, 1.165) is 48.7 Å². The smallest absolute Gasteiger partial charge is 0.341 e. The number of aryl methyl sites for hydroxylation is 1. The van der Waals surface area contributed by atoms with Crippen molar-refractivity contribution in [2.75, 3.05) is 45.2 Å². The number of methoxy groups -OCH3 is 1. The van der Waals surface area contributed by atoms with Gasteiger partial charge in [0.25, 0.3) is 0 Å². The number of benzene rings is 1. The number of hydrogen-bond acceptors (Lipinski definition) is 6. The van der Waals surface area contributed by atoms with Crippen LogP contribution < -0.4 is 5.32 Å². The molecule has 3 rings (SSSR count). The summed E-state index contributed by atoms with van der Waals surface area (Å²) in [5.41, 5.74) is 2.36. The summed E-state index contributed by atoms with van der Waals surface area (Å²) in [6.45, 7) is 8.07. The van der Waals surface area contributed by atoms with Gasteiger partial charge in [0.15, 0.2) is 0 Å². The molecule has 1 aliphatic rings. The van der Waals surface area contributed by atoms with Crippen molar-refractivity contribution in [3.8, 4) is 0 Å². The van der Waals surface area contributed by atoms with E-state index in [-0.39, 0.29) is 18.3 Å². The Kier molecular flexibility index (Phi) is 7.00. The molecule has 0 atom stereocenters. The molecule has 1 amide bonds. The van der Waals surface area contributed by atoms with Crippen LogP contribution >= 0.6 is 11.3 Å². The summed E-state index contributed by atoms with van der Waals surface area (Å²) >= 11 is 1.39. The van der Waals surface area contributed by atoms with Crippen molar-refractivity contribution in [2.24, 2.45) is 0 Å². The van der Waals surface area contributed by atoms with E-state index in [2.05, 4.69) is 15.1 Å². The van der Waals surface area contributed by atoms with Gasteiger partial charge in [0.1, 0.15) is 10.8 Å². The third-order valence-electron chi connectivity index (χ3n) is 5.18. The first-order valence-electron chi connectivity index (χ1n) is 9.54. The van der Waals surface area contributed by atoms with Gasteiger partial charge < -0.3 is 10.1 Å². The summed E-state index contributed by atoms with van der Waals surface area (Å²) in [5, 5.41) is 3.43. The van der Waals surface area contributed by atoms with Gasteiger partial charge >= 0.3 is 5.97 Å². The van der Waals surface area contributed by atoms with E-state index < -0.39 is 5.97 Å². The summed E-state index contributed by atoms with van der Waals surface area (Å²) in [7, 11) is 1.34. The van der Waals surface area contributed by atoms with Crippen molar-refractivity contribution in [3.63, 3.8) is 0 Å². The standard InChI is InChI=1S/C21H26FN3O3S/c1-14-15(2)29-20(19(14)21(27)28-3)23-18(26)13-25-10-8-24(9-11-25)12-16-4-6-17(22)7-5-16/h4-7H,8-13H2,1-3H3,(H,23,26). The van der Waals surface area contributed by atoms with Crippen molar-refractivity contribution >= 4 is 28.2 Å². The Labute approximate surface area is 174 Å². The monoisotopic (exact) mass is 419 g/mol. The lowest BCUT2D eigenvalue weighted by Crippen LogP contribution is -2.48. The molecule has 0 radical (unpaired) electrons. The highest BCUT2D eigenvalue weighted by Crippen LogP contribution is 2.32. The van der Waals surface area contributed by atoms with Gasteiger partial charge in [-0.05, 0) is 37.1 Å². The maximum absolute atomic E-state index is 13.0. The number of nitrogens with zero attached hydrogens (tertiary/aromatic N) is 2. The van der Waals surface area contributed by atoms with Crippen LogP contribution in [0.5, 0.6) is 0 Å². The molecule has 156 valence electrons. The zero-order chi connectivity index (χ0) is 21.0. The van der Waals surface area contributed by atoms with Gasteiger partial charge in [0.2, 0.25) is 5.91 Å². The topological polar surface area (TPSA) is 61.9 Å². The Morgan fingerprint density at radius 3 is 2.34 bits per heavy atom. The Hall–Kier alpha value is -2.29. The number of hydrogen-bond donors (Lipinski definition) is 1. The van der Waals surface area contributed by atoms with Crippen LogP contribution in [-0.2, 0) is 16.1 Å². The normalized spacial score (nSPS) is 15.3. The Morgan fingerprint density at radius 1 is 1.10 bits per heavy atom. The van der Waals surface area contributed by atoms with Gasteiger partial charge in [-0.25, -0.2) is 9.18 Å². The lowest BCUT2D eigenvalue weighted by atomic mass is 10.1. The molecule has 1 aliphatic heterocycles. The molecule has 0 saturated carbocycles. The summed E-state index contributed by atoms with van der Waals surface area (Å²) in [6, 6.07) is 6.57. The maximum Gasteiger partial charge on any atom is 0.341 e. The first kappa shape index (κ1) is 21.4. The van der Waals surface area contributed by atoms with Crippen LogP contribution in [0.3, 0.4) is 0 Å². The number of halogens is 1. The van der Waals surface area contributed by atoms with Gasteiger partial charge in [-0.3, -0.25) is 14.6 Å². The van der Waals surface area contributed by atoms with Gasteiger partial charge in [0, 0.05) is 37.6 Å². The molecule has 1 aromatic carbocycles. The van der Waals surface area contributed by atoms with Crippen molar-refractivity contribution in [1.29, 1.82) is 0 Å². The van der Waals surface area contributed by atoms with E-state index in [9.17, 15) is 14.0 Å². The quantitative estimate of drug-likeness (QED) is 0.730. The van der Waals surface area contributed by atoms with Crippen molar-refractivity contribution in [1.82, 2.24) is 9.80 Å². The highest BCUT2D eigenvalue weighted by molar-refractivity contribution is 7.16. The highest BCUT2D eigenvalue weighted by atomic mass is 32.1. The van der Waals surface area contributed by atoms with E-state index in [0.29, 0.717) is 10.6 Å². The Bertz CT molecular complexity index is 874. The van der Waals surface area contributed by atoms with Crippen LogP contribution in [0.1, 0.15) is 26.4 Å². The van der Waals surface area contributed by atoms with Crippen LogP contribution in [-0.4, -0.2) is 61.5 Å². The summed E-state index contributed by atoms with van der Waals surface area (Å²) in [4.78, 5) is 29.9. The molecule has 2 heterocycles. The van der Waals surface area contributed by atoms with E-state index in [1.54, 1.807) is 12.1 Å². The van der Waals surface area contributed by atoms with E-state index >= 15 is 0 Å². The minimum Gasteiger partial charge on any atom is -0.465 e. The average molecular weight is 420 g/mol. The second-order valence-corrected chi connectivity index (χ2v) is 8.43. The fourth-order valence-corrected chi connectivity index (χ4v) is 4.45. The van der Waals surface area contributed by atoms with Gasteiger partial charge in [-0.1, -0.05) is 12.1 Å². The third-order valence-corrected chi connectivity index (χ3v) is 6.30. The second kappa shape index (κ2) is 9.47. The fraction of sp³-hybridized carbons (Fsp3) is 0.429. The van der Waals surface area contributed by atoms with Crippen molar-refractivity contribution in [2.45, 2.75) is 20.4 Å². The number of thiophene rings is 1. The molecular formula is C21H26FN3O3S. The molecule has 0 unspecified atom stereocenters. The first-order valence-corrected chi connectivity index (χ1v) is 10.4. The van der Waals surface area contributed by atoms with E-state index in [1.807, 2.05) is 13.8 Å². The van der Waals surface area contributed by atoms with Crippen molar-refractivity contribution < 1.29 is 18.7 Å². The number of rotatable bonds is 6. The fourth-order valence-electron chi connectivity index (χ4n) is 3.39. The molecule has 0 bridgehead atoms. The molecule has 29 heavy (non-hydrogen) atoms. The third kappa shape index (κ3) is 5.41. The maximum atomic E-state index is 13.0. The largest absolute Gasteiger partial charge is 0.465 e. The summed E-state index contributed by atoms with van der Waals surface area (Å²) < 4.78 is 17.9. The van der Waals surface area contributed by atoms with Gasteiger partial charge in [0.05, 0.1) is 19.2 Å². The van der Waals surface area contributed by atoms with Crippen LogP contribution in [0.2, 0.25) is 0 Å². The first-order chi connectivity index (χ1) is 13.9. The predicted octanol–water partition coefficient (Wildman–Crippen LogP) is 3.05. The molecule has 0 spiro atoms. The number of anilines is 1. The summed E-state index contributed by atoms with van der Waals surface area (Å²) in [5.74, 6) is -0.795. The predicted molar refractivity (Wildman–Crippen MR) is 112 cm³/mol. The lowest BCUT2D eigenvalue weighted by molar-refractivity contribution is -0.117.